The van der Waals surface area contributed by atoms with Crippen LogP contribution in [0.25, 0.3) is 0 Å². The molecule has 0 aromatic rings. The van der Waals surface area contributed by atoms with Crippen molar-refractivity contribution in [2.45, 2.75) is 64.5 Å². The number of hydrogen-bond donors (Lipinski definition) is 2. The molecule has 0 aliphatic heterocycles. The van der Waals surface area contributed by atoms with Gasteiger partial charge in [-0.2, -0.15) is 0 Å². The predicted molar refractivity (Wildman–Crippen MR) is 108 cm³/mol. The van der Waals surface area contributed by atoms with E-state index in [2.05, 4.69) is 20.1 Å². The van der Waals surface area contributed by atoms with E-state index in [4.69, 9.17) is 9.47 Å². The van der Waals surface area contributed by atoms with Crippen molar-refractivity contribution in [2.24, 2.45) is 0 Å². The summed E-state index contributed by atoms with van der Waals surface area (Å²) in [5.74, 6) is 0. The van der Waals surface area contributed by atoms with Crippen molar-refractivity contribution in [3.8, 4) is 0 Å². The molecule has 0 rings (SSSR count). The number of hydrogen-bond acceptors (Lipinski definition) is 4. The highest BCUT2D eigenvalue weighted by atomic mass is 16.5. The van der Waals surface area contributed by atoms with Crippen molar-refractivity contribution < 1.29 is 29.3 Å². The minimum atomic E-state index is -1.10. The van der Waals surface area contributed by atoms with Crippen LogP contribution in [-0.2, 0) is 9.47 Å². The van der Waals surface area contributed by atoms with Crippen molar-refractivity contribution in [1.82, 2.24) is 9.80 Å². The lowest BCUT2D eigenvalue weighted by Crippen LogP contribution is -2.53. The normalized spacial score (nSPS) is 10.4. The molecule has 0 aromatic carbocycles. The van der Waals surface area contributed by atoms with Gasteiger partial charge in [0.05, 0.1) is 25.7 Å². The Labute approximate surface area is 168 Å². The number of rotatable bonds is 18. The van der Waals surface area contributed by atoms with E-state index in [1.165, 1.54) is 22.3 Å². The van der Waals surface area contributed by atoms with Gasteiger partial charge in [-0.3, -0.25) is 9.80 Å². The quantitative estimate of drug-likeness (QED) is 0.196. The summed E-state index contributed by atoms with van der Waals surface area (Å²) in [7, 11) is 0. The van der Waals surface area contributed by atoms with Crippen molar-refractivity contribution >= 4 is 12.2 Å². The molecular weight excluding hydrogens is 364 g/mol. The van der Waals surface area contributed by atoms with Gasteiger partial charge in [0.2, 0.25) is 0 Å². The monoisotopic (exact) mass is 400 g/mol. The number of ether oxygens (including phenoxy) is 2. The highest BCUT2D eigenvalue weighted by molar-refractivity contribution is 5.69. The summed E-state index contributed by atoms with van der Waals surface area (Å²) in [5.41, 5.74) is 0. The SMILES string of the molecule is C=COCCCCN(C(=O)O)C(CCCCC)N(CCCCOC=C)C(=O)O. The molecule has 0 unspecified atom stereocenters. The maximum Gasteiger partial charge on any atom is 0.408 e. The van der Waals surface area contributed by atoms with Crippen molar-refractivity contribution in [2.75, 3.05) is 26.3 Å². The van der Waals surface area contributed by atoms with Gasteiger partial charge in [-0.25, -0.2) is 9.59 Å². The number of amides is 2. The average molecular weight is 401 g/mol. The molecule has 8 nitrogen and oxygen atoms in total. The first-order valence-electron chi connectivity index (χ1n) is 9.93. The Balaban J connectivity index is 5.07. The molecule has 0 aliphatic carbocycles. The molecule has 0 aliphatic rings. The first kappa shape index (κ1) is 25.6. The van der Waals surface area contributed by atoms with Crippen LogP contribution in [0.1, 0.15) is 58.3 Å². The minimum absolute atomic E-state index is 0.260. The van der Waals surface area contributed by atoms with Crippen LogP contribution in [0.4, 0.5) is 9.59 Å². The molecule has 0 radical (unpaired) electrons. The first-order valence-corrected chi connectivity index (χ1v) is 9.93. The highest BCUT2D eigenvalue weighted by Crippen LogP contribution is 2.18. The summed E-state index contributed by atoms with van der Waals surface area (Å²) >= 11 is 0. The molecule has 28 heavy (non-hydrogen) atoms. The van der Waals surface area contributed by atoms with Gasteiger partial charge in [-0.15, -0.1) is 0 Å². The zero-order chi connectivity index (χ0) is 21.2. The van der Waals surface area contributed by atoms with E-state index >= 15 is 0 Å². The second kappa shape index (κ2) is 16.8. The molecule has 162 valence electrons. The van der Waals surface area contributed by atoms with E-state index in [0.717, 1.165) is 19.3 Å². The zero-order valence-corrected chi connectivity index (χ0v) is 17.1. The maximum atomic E-state index is 11.9. The molecule has 0 saturated heterocycles. The number of nitrogens with zero attached hydrogens (tertiary/aromatic N) is 2. The smallest absolute Gasteiger partial charge is 0.408 e. The van der Waals surface area contributed by atoms with Gasteiger partial charge in [0, 0.05) is 13.1 Å². The predicted octanol–water partition coefficient (Wildman–Crippen LogP) is 4.73. The summed E-state index contributed by atoms with van der Waals surface area (Å²) in [5, 5.41) is 19.4. The van der Waals surface area contributed by atoms with E-state index in [0.29, 0.717) is 45.3 Å². The van der Waals surface area contributed by atoms with Crippen molar-refractivity contribution in [1.29, 1.82) is 0 Å². The lowest BCUT2D eigenvalue weighted by Gasteiger charge is -2.37. The molecule has 8 heteroatoms. The van der Waals surface area contributed by atoms with Crippen LogP contribution in [0.3, 0.4) is 0 Å². The summed E-state index contributed by atoms with van der Waals surface area (Å²) in [6.07, 6.45) is 5.48. The first-order chi connectivity index (χ1) is 13.5. The van der Waals surface area contributed by atoms with E-state index in [-0.39, 0.29) is 13.1 Å². The Morgan fingerprint density at radius 2 is 1.32 bits per heavy atom. The average Bonchev–Trinajstić information content (AvgIpc) is 2.65. The van der Waals surface area contributed by atoms with Gasteiger partial charge >= 0.3 is 12.2 Å². The van der Waals surface area contributed by atoms with Crippen LogP contribution in [0, 0.1) is 0 Å². The second-order valence-electron chi connectivity index (χ2n) is 6.42. The van der Waals surface area contributed by atoms with Gasteiger partial charge in [0.25, 0.3) is 0 Å². The molecule has 0 aromatic heterocycles. The van der Waals surface area contributed by atoms with E-state index in [1.807, 2.05) is 0 Å². The molecular formula is C20H36N2O6. The fourth-order valence-electron chi connectivity index (χ4n) is 2.90. The number of carbonyl (C=O) groups is 2. The number of unbranched alkanes of at least 4 members (excludes halogenated alkanes) is 4. The van der Waals surface area contributed by atoms with Gasteiger partial charge in [0.1, 0.15) is 6.17 Å². The molecule has 0 saturated carbocycles. The Bertz CT molecular complexity index is 422. The topological polar surface area (TPSA) is 99.5 Å². The Morgan fingerprint density at radius 3 is 1.68 bits per heavy atom. The van der Waals surface area contributed by atoms with Crippen LogP contribution < -0.4 is 0 Å². The standard InChI is InChI=1S/C20H36N2O6/c1-4-7-8-13-18(21(19(23)24)14-9-11-16-27-5-2)22(20(25)26)15-10-12-17-28-6-3/h5-6,18H,2-4,7-17H2,1H3,(H,23,24)(H,25,26). The van der Waals surface area contributed by atoms with Crippen molar-refractivity contribution in [3.05, 3.63) is 25.7 Å². The summed E-state index contributed by atoms with van der Waals surface area (Å²) < 4.78 is 10.1. The molecule has 0 bridgehead atoms. The summed E-state index contributed by atoms with van der Waals surface area (Å²) in [6, 6.07) is 0. The van der Waals surface area contributed by atoms with E-state index in [9.17, 15) is 19.8 Å². The molecule has 0 atom stereocenters. The van der Waals surface area contributed by atoms with E-state index < -0.39 is 18.4 Å². The Kier molecular flexibility index (Phi) is 15.3. The molecule has 0 heterocycles. The zero-order valence-electron chi connectivity index (χ0n) is 17.1. The third-order valence-corrected chi connectivity index (χ3v) is 4.33. The number of carboxylic acid groups (broad SMARTS) is 2. The van der Waals surface area contributed by atoms with Crippen LogP contribution >= 0.6 is 0 Å². The lowest BCUT2D eigenvalue weighted by molar-refractivity contribution is 0.0357. The molecule has 0 fully saturated rings. The van der Waals surface area contributed by atoms with Gasteiger partial charge in [0.15, 0.2) is 0 Å². The van der Waals surface area contributed by atoms with Gasteiger partial charge in [-0.1, -0.05) is 32.9 Å². The summed E-state index contributed by atoms with van der Waals surface area (Å²) in [4.78, 5) is 26.2. The molecule has 2 amide bonds. The van der Waals surface area contributed by atoms with Crippen molar-refractivity contribution in [3.63, 3.8) is 0 Å². The molecule has 0 spiro atoms. The molecule has 2 N–H and O–H groups in total. The van der Waals surface area contributed by atoms with Gasteiger partial charge < -0.3 is 19.7 Å². The Hall–Kier alpha value is -2.38. The van der Waals surface area contributed by atoms with Crippen LogP contribution in [-0.4, -0.2) is 64.7 Å². The van der Waals surface area contributed by atoms with Crippen LogP contribution in [0.15, 0.2) is 25.7 Å². The summed E-state index contributed by atoms with van der Waals surface area (Å²) in [6.45, 7) is 10.4. The largest absolute Gasteiger partial charge is 0.502 e. The highest BCUT2D eigenvalue weighted by Gasteiger charge is 2.31. The second-order valence-corrected chi connectivity index (χ2v) is 6.42. The van der Waals surface area contributed by atoms with Crippen LogP contribution in [0.5, 0.6) is 0 Å². The third kappa shape index (κ3) is 11.4. The van der Waals surface area contributed by atoms with Gasteiger partial charge in [-0.05, 0) is 38.5 Å². The van der Waals surface area contributed by atoms with E-state index in [1.54, 1.807) is 0 Å². The van der Waals surface area contributed by atoms with Crippen LogP contribution in [0.2, 0.25) is 0 Å². The third-order valence-electron chi connectivity index (χ3n) is 4.33. The fourth-order valence-corrected chi connectivity index (χ4v) is 2.90. The lowest BCUT2D eigenvalue weighted by atomic mass is 10.1. The maximum absolute atomic E-state index is 11.9. The minimum Gasteiger partial charge on any atom is -0.502 e. The fraction of sp³-hybridized carbons (Fsp3) is 0.700. The Morgan fingerprint density at radius 1 is 0.857 bits per heavy atom.